The minimum atomic E-state index is -1.77. The van der Waals surface area contributed by atoms with E-state index in [0.717, 1.165) is 0 Å². The molecule has 0 amide bonds. The van der Waals surface area contributed by atoms with Gasteiger partial charge in [-0.15, -0.1) is 0 Å². The van der Waals surface area contributed by atoms with Crippen LogP contribution in [0, 0.1) is 0 Å². The fraction of sp³-hybridized carbons (Fsp3) is 0.800. The van der Waals surface area contributed by atoms with E-state index in [0.29, 0.717) is 0 Å². The first-order chi connectivity index (χ1) is 5.24. The summed E-state index contributed by atoms with van der Waals surface area (Å²) >= 11 is -1.77. The third-order valence-electron chi connectivity index (χ3n) is 2.82. The van der Waals surface area contributed by atoms with Gasteiger partial charge in [-0.2, -0.15) is 0 Å². The summed E-state index contributed by atoms with van der Waals surface area (Å²) in [4.78, 5) is 0. The molecule has 0 unspecified atom stereocenters. The summed E-state index contributed by atoms with van der Waals surface area (Å²) in [6, 6.07) is 0. The van der Waals surface area contributed by atoms with E-state index in [1.165, 1.54) is 18.4 Å². The molecule has 0 heterocycles. The molecule has 0 saturated carbocycles. The first-order valence-corrected chi connectivity index (χ1v) is 15.4. The third kappa shape index (κ3) is 3.72. The zero-order chi connectivity index (χ0) is 8.74. The van der Waals surface area contributed by atoms with Crippen LogP contribution < -0.4 is 0 Å². The molecule has 0 bridgehead atoms. The van der Waals surface area contributed by atoms with E-state index in [9.17, 15) is 0 Å². The van der Waals surface area contributed by atoms with Crippen molar-refractivity contribution in [2.75, 3.05) is 0 Å². The summed E-state index contributed by atoms with van der Waals surface area (Å²) in [5.41, 5.74) is 0. The van der Waals surface area contributed by atoms with Crippen molar-refractivity contribution in [3.63, 3.8) is 0 Å². The van der Waals surface area contributed by atoms with E-state index in [1.54, 1.807) is 0 Å². The molecule has 0 aromatic heterocycles. The molecule has 0 aliphatic carbocycles. The van der Waals surface area contributed by atoms with Gasteiger partial charge in [-0.1, -0.05) is 0 Å². The van der Waals surface area contributed by atoms with Crippen molar-refractivity contribution in [2.24, 2.45) is 0 Å². The summed E-state index contributed by atoms with van der Waals surface area (Å²) in [7, 11) is 0. The molecule has 1 heteroatoms. The molecule has 0 aromatic rings. The Morgan fingerprint density at radius 1 is 0.909 bits per heavy atom. The van der Waals surface area contributed by atoms with Gasteiger partial charge >= 0.3 is 76.9 Å². The summed E-state index contributed by atoms with van der Waals surface area (Å²) < 4.78 is 7.12. The predicted molar refractivity (Wildman–Crippen MR) is 56.6 cm³/mol. The molecule has 0 atom stereocenters. The van der Waals surface area contributed by atoms with Crippen LogP contribution in [0.2, 0.25) is 11.9 Å². The van der Waals surface area contributed by atoms with Crippen molar-refractivity contribution in [2.45, 2.75) is 46.1 Å². The zero-order valence-corrected chi connectivity index (χ0v) is 12.4. The van der Waals surface area contributed by atoms with Gasteiger partial charge < -0.3 is 0 Å². The van der Waals surface area contributed by atoms with Gasteiger partial charge in [0, 0.05) is 0 Å². The molecule has 0 aliphatic heterocycles. The monoisotopic (exact) mass is 350 g/mol. The van der Waals surface area contributed by atoms with E-state index < -0.39 is 21.2 Å². The topological polar surface area (TPSA) is 0 Å². The molecule has 0 spiro atoms. The molecule has 0 nitrogen and oxygen atoms in total. The first kappa shape index (κ1) is 11.7. The molecule has 66 valence electrons. The number of hydrogen-bond acceptors (Lipinski definition) is 0. The van der Waals surface area contributed by atoms with Crippen molar-refractivity contribution in [3.05, 3.63) is 9.71 Å². The molecular formula is C10H22Pb. The molecule has 0 radical (unpaired) electrons. The van der Waals surface area contributed by atoms with Crippen molar-refractivity contribution in [1.29, 1.82) is 0 Å². The minimum absolute atomic E-state index is 1.22. The van der Waals surface area contributed by atoms with Crippen molar-refractivity contribution in [3.8, 4) is 0 Å². The maximum atomic E-state index is 2.63. The number of rotatable bonds is 5. The van der Waals surface area contributed by atoms with Gasteiger partial charge in [-0.05, 0) is 0 Å². The van der Waals surface area contributed by atoms with E-state index in [1.807, 2.05) is 0 Å². The van der Waals surface area contributed by atoms with Gasteiger partial charge in [0.05, 0.1) is 0 Å². The van der Waals surface area contributed by atoms with Crippen LogP contribution in [0.25, 0.3) is 0 Å². The van der Waals surface area contributed by atoms with Crippen LogP contribution in [0.15, 0.2) is 9.71 Å². The second kappa shape index (κ2) is 6.21. The Kier molecular flexibility index (Phi) is 6.58. The fourth-order valence-corrected chi connectivity index (χ4v) is 12.9. The van der Waals surface area contributed by atoms with Crippen LogP contribution in [-0.4, -0.2) is 21.2 Å². The Morgan fingerprint density at radius 2 is 1.36 bits per heavy atom. The molecule has 0 aliphatic rings. The van der Waals surface area contributed by atoms with E-state index in [2.05, 4.69) is 37.4 Å². The van der Waals surface area contributed by atoms with Crippen LogP contribution in [0.1, 0.15) is 34.1 Å². The average molecular weight is 349 g/mol. The molecule has 0 N–H and O–H groups in total. The molecule has 0 saturated heterocycles. The van der Waals surface area contributed by atoms with Gasteiger partial charge in [-0.25, -0.2) is 0 Å². The second-order valence-electron chi connectivity index (χ2n) is 3.23. The van der Waals surface area contributed by atoms with Crippen LogP contribution in [0.3, 0.4) is 0 Å². The first-order valence-electron chi connectivity index (χ1n) is 4.92. The molecule has 11 heavy (non-hydrogen) atoms. The summed E-state index contributed by atoms with van der Waals surface area (Å²) in [6.07, 6.45) is 3.62. The fourth-order valence-electron chi connectivity index (χ4n) is 1.47. The van der Waals surface area contributed by atoms with Crippen LogP contribution in [0.5, 0.6) is 0 Å². The van der Waals surface area contributed by atoms with Crippen molar-refractivity contribution >= 4 is 21.2 Å². The van der Waals surface area contributed by atoms with Crippen LogP contribution in [0.4, 0.5) is 0 Å². The number of allylic oxidation sites excluding steroid dienone is 1. The van der Waals surface area contributed by atoms with Crippen LogP contribution in [-0.2, 0) is 0 Å². The summed E-state index contributed by atoms with van der Waals surface area (Å²) in [5, 5.41) is 0. The Bertz CT molecular complexity index is 104. The summed E-state index contributed by atoms with van der Waals surface area (Å²) in [6.45, 7) is 9.38. The second-order valence-corrected chi connectivity index (χ2v) is 23.4. The Balaban J connectivity index is 4.16. The van der Waals surface area contributed by atoms with Gasteiger partial charge in [0.2, 0.25) is 0 Å². The SMILES string of the molecule is CC/C=[CH]/[Pb]([CH2]C)([CH2]C)[CH2]C. The quantitative estimate of drug-likeness (QED) is 0.658. The maximum absolute atomic E-state index is 2.63. The van der Waals surface area contributed by atoms with Gasteiger partial charge in [-0.3, -0.25) is 0 Å². The van der Waals surface area contributed by atoms with Crippen molar-refractivity contribution in [1.82, 2.24) is 0 Å². The molecule has 0 rings (SSSR count). The van der Waals surface area contributed by atoms with Gasteiger partial charge in [0.15, 0.2) is 0 Å². The standard InChI is InChI=1S/C4H7.3C2H5.Pb/c1-3-4-2;3*1-2;/h1,3H,4H2,2H3;3*1H2,2H3;. The summed E-state index contributed by atoms with van der Waals surface area (Å²) in [5.74, 6) is 0. The van der Waals surface area contributed by atoms with Gasteiger partial charge in [0.25, 0.3) is 0 Å². The molecule has 0 aromatic carbocycles. The Morgan fingerprint density at radius 3 is 1.64 bits per heavy atom. The Labute approximate surface area is 76.7 Å². The average Bonchev–Trinajstić information content (AvgIpc) is 2.08. The third-order valence-corrected chi connectivity index (χ3v) is 22.9. The van der Waals surface area contributed by atoms with Crippen molar-refractivity contribution < 1.29 is 0 Å². The van der Waals surface area contributed by atoms with E-state index in [-0.39, 0.29) is 0 Å². The molecule has 0 fully saturated rings. The normalized spacial score (nSPS) is 12.7. The number of hydrogen-bond donors (Lipinski definition) is 0. The Hall–Kier alpha value is 0.662. The van der Waals surface area contributed by atoms with Crippen LogP contribution >= 0.6 is 0 Å². The zero-order valence-electron chi connectivity index (χ0n) is 8.48. The molecular weight excluding hydrogens is 327 g/mol. The van der Waals surface area contributed by atoms with Gasteiger partial charge in [0.1, 0.15) is 0 Å². The van der Waals surface area contributed by atoms with E-state index in [4.69, 9.17) is 0 Å². The van der Waals surface area contributed by atoms with E-state index >= 15 is 0 Å². The predicted octanol–water partition coefficient (Wildman–Crippen LogP) is 4.00.